The van der Waals surface area contributed by atoms with Crippen molar-refractivity contribution in [2.24, 2.45) is 0 Å². The first kappa shape index (κ1) is 21.9. The number of aromatic nitrogens is 3. The van der Waals surface area contributed by atoms with Gasteiger partial charge in [-0.25, -0.2) is 15.0 Å². The maximum atomic E-state index is 12.3. The smallest absolute Gasteiger partial charge is 0.170 e. The fraction of sp³-hybridized carbons (Fsp3) is 0.261. The first-order chi connectivity index (χ1) is 13.8. The van der Waals surface area contributed by atoms with Crippen molar-refractivity contribution in [2.75, 3.05) is 7.11 Å². The Labute approximate surface area is 171 Å². The summed E-state index contributed by atoms with van der Waals surface area (Å²) in [6.07, 6.45) is 4.19. The van der Waals surface area contributed by atoms with Crippen molar-refractivity contribution in [3.8, 4) is 5.75 Å². The van der Waals surface area contributed by atoms with E-state index in [2.05, 4.69) is 35.7 Å². The zero-order valence-corrected chi connectivity index (χ0v) is 17.1. The third-order valence-electron chi connectivity index (χ3n) is 4.21. The summed E-state index contributed by atoms with van der Waals surface area (Å²) in [5.74, 6) is 0.342. The lowest BCUT2D eigenvalue weighted by Crippen LogP contribution is -2.12. The molecule has 1 heterocycles. The molecule has 0 bridgehead atoms. The van der Waals surface area contributed by atoms with Crippen molar-refractivity contribution >= 4 is 11.6 Å². The number of carbonyl (C=O) groups excluding carboxylic acids is 2. The van der Waals surface area contributed by atoms with E-state index < -0.39 is 0 Å². The fourth-order valence-corrected chi connectivity index (χ4v) is 2.49. The van der Waals surface area contributed by atoms with Crippen LogP contribution in [-0.2, 0) is 5.41 Å². The van der Waals surface area contributed by atoms with E-state index in [1.54, 1.807) is 43.5 Å². The van der Waals surface area contributed by atoms with Gasteiger partial charge in [0, 0.05) is 11.1 Å². The Morgan fingerprint density at radius 1 is 0.759 bits per heavy atom. The van der Waals surface area contributed by atoms with Crippen molar-refractivity contribution in [1.82, 2.24) is 15.0 Å². The largest absolute Gasteiger partial charge is 0.497 e. The summed E-state index contributed by atoms with van der Waals surface area (Å²) < 4.78 is 5.06. The molecule has 0 N–H and O–H groups in total. The number of Topliss-reactive ketones (excluding diaryl/α,β-unsaturated/α-hetero) is 2. The van der Waals surface area contributed by atoms with E-state index in [1.165, 1.54) is 19.0 Å². The van der Waals surface area contributed by atoms with Crippen LogP contribution in [0.25, 0.3) is 0 Å². The van der Waals surface area contributed by atoms with E-state index in [9.17, 15) is 9.59 Å². The number of hydrogen-bond donors (Lipinski definition) is 0. The quantitative estimate of drug-likeness (QED) is 0.476. The Balaban J connectivity index is 0.000000426. The molecule has 0 fully saturated rings. The Morgan fingerprint density at radius 2 is 1.17 bits per heavy atom. The van der Waals surface area contributed by atoms with Gasteiger partial charge in [-0.15, -0.1) is 0 Å². The van der Waals surface area contributed by atoms with Crippen LogP contribution in [0.2, 0.25) is 0 Å². The highest BCUT2D eigenvalue weighted by Crippen LogP contribution is 2.22. The molecule has 0 amide bonds. The molecule has 0 aliphatic carbocycles. The first-order valence-electron chi connectivity index (χ1n) is 9.17. The monoisotopic (exact) mass is 391 g/mol. The molecule has 0 aliphatic rings. The summed E-state index contributed by atoms with van der Waals surface area (Å²) in [7, 11) is 1.57. The highest BCUT2D eigenvalue weighted by molar-refractivity contribution is 6.13. The highest BCUT2D eigenvalue weighted by atomic mass is 16.5. The van der Waals surface area contributed by atoms with Crippen LogP contribution in [0.3, 0.4) is 0 Å². The fourth-order valence-electron chi connectivity index (χ4n) is 2.49. The summed E-state index contributed by atoms with van der Waals surface area (Å²) in [6, 6.07) is 14.3. The van der Waals surface area contributed by atoms with Crippen molar-refractivity contribution in [3.05, 3.63) is 84.2 Å². The van der Waals surface area contributed by atoms with Crippen molar-refractivity contribution in [3.63, 3.8) is 0 Å². The van der Waals surface area contributed by atoms with E-state index >= 15 is 0 Å². The predicted molar refractivity (Wildman–Crippen MR) is 111 cm³/mol. The van der Waals surface area contributed by atoms with Crippen LogP contribution in [0.1, 0.15) is 53.5 Å². The summed E-state index contributed by atoms with van der Waals surface area (Å²) in [5.41, 5.74) is 2.29. The number of rotatable bonds is 5. The standard InChI is InChI=1S/C20H22O3.C3H3N3/c1-20(2,3)16-9-5-14(6-10-16)18(21)13-19(22)15-7-11-17(23-4)12-8-15;1-4-2-6-3-5-1/h5-12H,13H2,1-4H3;1-3H. The molecule has 6 nitrogen and oxygen atoms in total. The van der Waals surface area contributed by atoms with Gasteiger partial charge >= 0.3 is 0 Å². The van der Waals surface area contributed by atoms with Gasteiger partial charge in [0.05, 0.1) is 13.5 Å². The molecule has 0 unspecified atom stereocenters. The van der Waals surface area contributed by atoms with Crippen molar-refractivity contribution in [2.45, 2.75) is 32.6 Å². The Morgan fingerprint density at radius 3 is 1.52 bits per heavy atom. The van der Waals surface area contributed by atoms with Gasteiger partial charge in [-0.05, 0) is 35.2 Å². The zero-order valence-electron chi connectivity index (χ0n) is 17.1. The molecule has 3 aromatic rings. The second-order valence-electron chi connectivity index (χ2n) is 7.37. The molecule has 0 radical (unpaired) electrons. The Kier molecular flexibility index (Phi) is 7.71. The average Bonchev–Trinajstić information content (AvgIpc) is 2.75. The van der Waals surface area contributed by atoms with Crippen LogP contribution in [-0.4, -0.2) is 33.6 Å². The lowest BCUT2D eigenvalue weighted by Gasteiger charge is -2.18. The van der Waals surface area contributed by atoms with Gasteiger partial charge in [-0.1, -0.05) is 45.0 Å². The van der Waals surface area contributed by atoms with Crippen LogP contribution >= 0.6 is 0 Å². The molecule has 0 aliphatic heterocycles. The van der Waals surface area contributed by atoms with Gasteiger partial charge in [0.15, 0.2) is 11.6 Å². The first-order valence-corrected chi connectivity index (χ1v) is 9.17. The normalized spacial score (nSPS) is 10.5. The summed E-state index contributed by atoms with van der Waals surface area (Å²) in [4.78, 5) is 35.1. The van der Waals surface area contributed by atoms with Gasteiger partial charge in [-0.3, -0.25) is 9.59 Å². The minimum atomic E-state index is -0.183. The molecule has 150 valence electrons. The average molecular weight is 391 g/mol. The van der Waals surface area contributed by atoms with Crippen LogP contribution in [0.15, 0.2) is 67.5 Å². The number of nitrogens with zero attached hydrogens (tertiary/aromatic N) is 3. The summed E-state index contributed by atoms with van der Waals surface area (Å²) in [6.45, 7) is 6.37. The molecule has 29 heavy (non-hydrogen) atoms. The van der Waals surface area contributed by atoms with Gasteiger partial charge in [-0.2, -0.15) is 0 Å². The molecule has 1 aromatic heterocycles. The van der Waals surface area contributed by atoms with E-state index in [0.717, 1.165) is 5.56 Å². The van der Waals surface area contributed by atoms with Gasteiger partial charge in [0.1, 0.15) is 24.7 Å². The van der Waals surface area contributed by atoms with Crippen LogP contribution in [0.4, 0.5) is 0 Å². The number of ketones is 2. The van der Waals surface area contributed by atoms with E-state index in [-0.39, 0.29) is 23.4 Å². The molecule has 0 saturated heterocycles. The van der Waals surface area contributed by atoms with Crippen LogP contribution < -0.4 is 4.74 Å². The van der Waals surface area contributed by atoms with Gasteiger partial charge < -0.3 is 4.74 Å². The molecule has 2 aromatic carbocycles. The minimum Gasteiger partial charge on any atom is -0.497 e. The second-order valence-corrected chi connectivity index (χ2v) is 7.37. The SMILES string of the molecule is COc1ccc(C(=O)CC(=O)c2ccc(C(C)(C)C)cc2)cc1.c1ncncn1. The van der Waals surface area contributed by atoms with Gasteiger partial charge in [0.25, 0.3) is 0 Å². The van der Waals surface area contributed by atoms with Crippen molar-refractivity contribution < 1.29 is 14.3 Å². The number of carbonyl (C=O) groups is 2. The topological polar surface area (TPSA) is 82.0 Å². The number of benzene rings is 2. The third-order valence-corrected chi connectivity index (χ3v) is 4.21. The van der Waals surface area contributed by atoms with Crippen molar-refractivity contribution in [1.29, 1.82) is 0 Å². The van der Waals surface area contributed by atoms with E-state index in [0.29, 0.717) is 16.9 Å². The van der Waals surface area contributed by atoms with E-state index in [1.807, 2.05) is 12.1 Å². The maximum Gasteiger partial charge on any atom is 0.170 e. The lowest BCUT2D eigenvalue weighted by atomic mass is 9.86. The van der Waals surface area contributed by atoms with Gasteiger partial charge in [0.2, 0.25) is 0 Å². The minimum absolute atomic E-state index is 0.0422. The summed E-state index contributed by atoms with van der Waals surface area (Å²) >= 11 is 0. The number of hydrogen-bond acceptors (Lipinski definition) is 6. The second kappa shape index (κ2) is 10.2. The maximum absolute atomic E-state index is 12.3. The summed E-state index contributed by atoms with van der Waals surface area (Å²) in [5, 5.41) is 0. The molecular weight excluding hydrogens is 366 g/mol. The molecule has 3 rings (SSSR count). The predicted octanol–water partition coefficient (Wildman–Crippen LogP) is 4.32. The highest BCUT2D eigenvalue weighted by Gasteiger charge is 2.16. The van der Waals surface area contributed by atoms with Crippen LogP contribution in [0.5, 0.6) is 5.75 Å². The zero-order chi connectivity index (χ0) is 21.3. The Hall–Kier alpha value is -3.41. The molecule has 0 saturated carbocycles. The van der Waals surface area contributed by atoms with E-state index in [4.69, 9.17) is 4.74 Å². The number of ether oxygens (including phenoxy) is 1. The lowest BCUT2D eigenvalue weighted by molar-refractivity contribution is 0.0894. The third kappa shape index (κ3) is 6.92. The Bertz CT molecular complexity index is 890. The molecule has 0 atom stereocenters. The molecule has 6 heteroatoms. The number of methoxy groups -OCH3 is 1. The molecular formula is C23H25N3O3. The van der Waals surface area contributed by atoms with Crippen LogP contribution in [0, 0.1) is 0 Å². The molecule has 0 spiro atoms.